The minimum Gasteiger partial charge on any atom is -0.462 e. The van der Waals surface area contributed by atoms with Gasteiger partial charge in [-0.1, -0.05) is 104 Å². The molecular weight excluding hydrogens is 468 g/mol. The standard InChI is InChI=1S/C31H56O6/c1-4-6-8-10-12-14-16-18-26-28(36-26)20-22-30(32)34-24-25(3)35-31(33)23-21-29-27(37-29)19-17-15-13-11-9-7-5-2/h25-29H,4-24H2,1-3H3. The molecule has 0 aromatic carbocycles. The van der Waals surface area contributed by atoms with Crippen LogP contribution in [0.25, 0.3) is 0 Å². The van der Waals surface area contributed by atoms with Crippen LogP contribution in [0, 0.1) is 0 Å². The first-order chi connectivity index (χ1) is 18.0. The van der Waals surface area contributed by atoms with E-state index in [1.807, 2.05) is 0 Å². The minimum absolute atomic E-state index is 0.109. The first-order valence-corrected chi connectivity index (χ1v) is 15.7. The molecule has 37 heavy (non-hydrogen) atoms. The van der Waals surface area contributed by atoms with Crippen LogP contribution in [-0.4, -0.2) is 49.1 Å². The predicted molar refractivity (Wildman–Crippen MR) is 148 cm³/mol. The summed E-state index contributed by atoms with van der Waals surface area (Å²) in [6.07, 6.45) is 23.3. The quantitative estimate of drug-likeness (QED) is 0.0688. The van der Waals surface area contributed by atoms with Gasteiger partial charge < -0.3 is 18.9 Å². The van der Waals surface area contributed by atoms with E-state index in [1.165, 1.54) is 89.9 Å². The molecule has 5 unspecified atom stereocenters. The maximum absolute atomic E-state index is 12.1. The molecule has 0 spiro atoms. The van der Waals surface area contributed by atoms with Gasteiger partial charge in [-0.05, 0) is 32.6 Å². The lowest BCUT2D eigenvalue weighted by atomic mass is 10.1. The molecule has 2 heterocycles. The molecule has 6 nitrogen and oxygen atoms in total. The second-order valence-electron chi connectivity index (χ2n) is 11.3. The monoisotopic (exact) mass is 524 g/mol. The van der Waals surface area contributed by atoms with Crippen LogP contribution >= 0.6 is 0 Å². The van der Waals surface area contributed by atoms with Gasteiger partial charge in [0.1, 0.15) is 12.7 Å². The topological polar surface area (TPSA) is 77.7 Å². The summed E-state index contributed by atoms with van der Waals surface area (Å²) in [6.45, 7) is 6.37. The Morgan fingerprint density at radius 1 is 0.595 bits per heavy atom. The molecule has 0 amide bonds. The number of unbranched alkanes of at least 4 members (excludes halogenated alkanes) is 12. The molecule has 2 aliphatic heterocycles. The molecule has 0 saturated carbocycles. The number of carbonyl (C=O) groups is 2. The lowest BCUT2D eigenvalue weighted by Gasteiger charge is -2.13. The molecule has 216 valence electrons. The van der Waals surface area contributed by atoms with E-state index in [2.05, 4.69) is 13.8 Å². The van der Waals surface area contributed by atoms with Crippen molar-refractivity contribution in [2.24, 2.45) is 0 Å². The third-order valence-electron chi connectivity index (χ3n) is 7.64. The number of esters is 2. The van der Waals surface area contributed by atoms with Gasteiger partial charge in [-0.3, -0.25) is 9.59 Å². The molecule has 2 saturated heterocycles. The number of epoxide rings is 2. The van der Waals surface area contributed by atoms with Gasteiger partial charge in [-0.25, -0.2) is 0 Å². The summed E-state index contributed by atoms with van der Waals surface area (Å²) >= 11 is 0. The molecule has 2 aliphatic rings. The predicted octanol–water partition coefficient (Wildman–Crippen LogP) is 7.84. The third kappa shape index (κ3) is 16.4. The van der Waals surface area contributed by atoms with Gasteiger partial charge >= 0.3 is 11.9 Å². The Labute approximate surface area is 226 Å². The first-order valence-electron chi connectivity index (χ1n) is 15.7. The summed E-state index contributed by atoms with van der Waals surface area (Å²) in [7, 11) is 0. The van der Waals surface area contributed by atoms with Crippen molar-refractivity contribution >= 4 is 11.9 Å². The summed E-state index contributed by atoms with van der Waals surface area (Å²) in [4.78, 5) is 24.2. The third-order valence-corrected chi connectivity index (χ3v) is 7.64. The average molecular weight is 525 g/mol. The van der Waals surface area contributed by atoms with Crippen molar-refractivity contribution in [3.8, 4) is 0 Å². The van der Waals surface area contributed by atoms with Gasteiger partial charge in [0.25, 0.3) is 0 Å². The highest BCUT2D eigenvalue weighted by molar-refractivity contribution is 5.70. The van der Waals surface area contributed by atoms with E-state index in [0.717, 1.165) is 19.3 Å². The Hall–Kier alpha value is -1.14. The van der Waals surface area contributed by atoms with Gasteiger partial charge in [0.05, 0.1) is 24.4 Å². The zero-order chi connectivity index (χ0) is 26.7. The van der Waals surface area contributed by atoms with Gasteiger partial charge in [0.2, 0.25) is 0 Å². The fraction of sp³-hybridized carbons (Fsp3) is 0.935. The second-order valence-corrected chi connectivity index (χ2v) is 11.3. The number of hydrogen-bond acceptors (Lipinski definition) is 6. The molecule has 0 aromatic rings. The highest BCUT2D eigenvalue weighted by Gasteiger charge is 2.38. The van der Waals surface area contributed by atoms with Crippen LogP contribution in [0.15, 0.2) is 0 Å². The van der Waals surface area contributed by atoms with Crippen molar-refractivity contribution in [3.63, 3.8) is 0 Å². The maximum atomic E-state index is 12.1. The SMILES string of the molecule is CCCCCCCCCC1OC1CCC(=O)OCC(C)OC(=O)CCC1OC1CCCCCCCCC. The summed E-state index contributed by atoms with van der Waals surface area (Å²) < 4.78 is 22.1. The Bertz CT molecular complexity index is 609. The van der Waals surface area contributed by atoms with E-state index >= 15 is 0 Å². The van der Waals surface area contributed by atoms with E-state index < -0.39 is 6.10 Å². The van der Waals surface area contributed by atoms with Gasteiger partial charge in [0, 0.05) is 12.8 Å². The zero-order valence-corrected chi connectivity index (χ0v) is 24.2. The van der Waals surface area contributed by atoms with Gasteiger partial charge in [-0.2, -0.15) is 0 Å². The Balaban J connectivity index is 1.37. The van der Waals surface area contributed by atoms with Crippen LogP contribution in [0.4, 0.5) is 0 Å². The molecule has 0 N–H and O–H groups in total. The molecular formula is C31H56O6. The zero-order valence-electron chi connectivity index (χ0n) is 24.2. The summed E-state index contributed by atoms with van der Waals surface area (Å²) in [5, 5.41) is 0. The van der Waals surface area contributed by atoms with Gasteiger partial charge in [0.15, 0.2) is 0 Å². The summed E-state index contributed by atoms with van der Waals surface area (Å²) in [5.41, 5.74) is 0. The lowest BCUT2D eigenvalue weighted by molar-refractivity contribution is -0.158. The Kier molecular flexibility index (Phi) is 17.2. The molecule has 0 bridgehead atoms. The molecule has 6 heteroatoms. The van der Waals surface area contributed by atoms with E-state index in [9.17, 15) is 9.59 Å². The molecule has 0 aromatic heterocycles. The first kappa shape index (κ1) is 32.1. The average Bonchev–Trinajstić information content (AvgIpc) is 3.80. The highest BCUT2D eigenvalue weighted by atomic mass is 16.6. The van der Waals surface area contributed by atoms with Crippen LogP contribution in [0.3, 0.4) is 0 Å². The van der Waals surface area contributed by atoms with E-state index in [1.54, 1.807) is 6.92 Å². The van der Waals surface area contributed by atoms with Crippen molar-refractivity contribution in [2.45, 2.75) is 180 Å². The second kappa shape index (κ2) is 19.9. The molecule has 2 fully saturated rings. The maximum Gasteiger partial charge on any atom is 0.306 e. The number of rotatable bonds is 25. The van der Waals surface area contributed by atoms with Crippen LogP contribution in [0.1, 0.15) is 149 Å². The molecule has 5 atom stereocenters. The van der Waals surface area contributed by atoms with Crippen LogP contribution in [-0.2, 0) is 28.5 Å². The van der Waals surface area contributed by atoms with Crippen LogP contribution in [0.5, 0.6) is 0 Å². The highest BCUT2D eigenvalue weighted by Crippen LogP contribution is 2.32. The Morgan fingerprint density at radius 3 is 1.49 bits per heavy atom. The smallest absolute Gasteiger partial charge is 0.306 e. The van der Waals surface area contributed by atoms with Crippen molar-refractivity contribution in [2.75, 3.05) is 6.61 Å². The Morgan fingerprint density at radius 2 is 1.00 bits per heavy atom. The van der Waals surface area contributed by atoms with E-state index in [-0.39, 0.29) is 30.8 Å². The fourth-order valence-corrected chi connectivity index (χ4v) is 5.10. The van der Waals surface area contributed by atoms with Crippen molar-refractivity contribution < 1.29 is 28.5 Å². The minimum atomic E-state index is -0.428. The van der Waals surface area contributed by atoms with Crippen LogP contribution in [0.2, 0.25) is 0 Å². The van der Waals surface area contributed by atoms with Gasteiger partial charge in [-0.15, -0.1) is 0 Å². The largest absolute Gasteiger partial charge is 0.462 e. The van der Waals surface area contributed by atoms with Crippen molar-refractivity contribution in [1.29, 1.82) is 0 Å². The number of ether oxygens (including phenoxy) is 4. The lowest BCUT2D eigenvalue weighted by Crippen LogP contribution is -2.22. The van der Waals surface area contributed by atoms with Crippen molar-refractivity contribution in [3.05, 3.63) is 0 Å². The summed E-state index contributed by atoms with van der Waals surface area (Å²) in [6, 6.07) is 0. The van der Waals surface area contributed by atoms with Crippen molar-refractivity contribution in [1.82, 2.24) is 0 Å². The van der Waals surface area contributed by atoms with Crippen LogP contribution < -0.4 is 0 Å². The number of carbonyl (C=O) groups excluding carboxylic acids is 2. The number of hydrogen-bond donors (Lipinski definition) is 0. The van der Waals surface area contributed by atoms with E-state index in [0.29, 0.717) is 31.5 Å². The molecule has 2 rings (SSSR count). The molecule has 0 aliphatic carbocycles. The summed E-state index contributed by atoms with van der Waals surface area (Å²) in [5.74, 6) is -0.485. The normalized spacial score (nSPS) is 23.0. The molecule has 0 radical (unpaired) electrons. The van der Waals surface area contributed by atoms with E-state index in [4.69, 9.17) is 18.9 Å². The fourth-order valence-electron chi connectivity index (χ4n) is 5.10.